The zero-order valence-corrected chi connectivity index (χ0v) is 14.7. The van der Waals surface area contributed by atoms with Crippen LogP contribution in [0.2, 0.25) is 5.02 Å². The monoisotopic (exact) mass is 365 g/mol. The number of hydrogen-bond acceptors (Lipinski definition) is 4. The summed E-state index contributed by atoms with van der Waals surface area (Å²) in [5, 5.41) is 3.02. The van der Waals surface area contributed by atoms with Gasteiger partial charge in [-0.3, -0.25) is 4.79 Å². The maximum Gasteiger partial charge on any atom is 0.339 e. The molecule has 134 valence electrons. The molecule has 3 amide bonds. The maximum absolute atomic E-state index is 12.4. The number of hydrogen-bond donors (Lipinski definition) is 1. The van der Waals surface area contributed by atoms with E-state index in [4.69, 9.17) is 11.6 Å². The molecule has 1 aromatic rings. The number of methoxy groups -OCH3 is 1. The molecule has 2 aliphatic rings. The van der Waals surface area contributed by atoms with Gasteiger partial charge in [0.15, 0.2) is 0 Å². The van der Waals surface area contributed by atoms with Crippen LogP contribution in [0.1, 0.15) is 23.2 Å². The minimum absolute atomic E-state index is 0.196. The number of nitrogens with one attached hydrogen (secondary N) is 1. The van der Waals surface area contributed by atoms with Crippen molar-refractivity contribution >= 4 is 35.2 Å². The minimum Gasteiger partial charge on any atom is -0.465 e. The number of esters is 1. The Balaban J connectivity index is 1.57. The van der Waals surface area contributed by atoms with Crippen LogP contribution in [-0.4, -0.2) is 61.0 Å². The van der Waals surface area contributed by atoms with Crippen LogP contribution in [0.25, 0.3) is 0 Å². The molecule has 0 unspecified atom stereocenters. The van der Waals surface area contributed by atoms with E-state index in [0.29, 0.717) is 31.9 Å². The van der Waals surface area contributed by atoms with E-state index in [1.807, 2.05) is 4.90 Å². The van der Waals surface area contributed by atoms with Crippen molar-refractivity contribution in [3.05, 3.63) is 28.8 Å². The van der Waals surface area contributed by atoms with E-state index in [1.165, 1.54) is 19.2 Å². The highest BCUT2D eigenvalue weighted by Crippen LogP contribution is 2.31. The second kappa shape index (κ2) is 7.31. The van der Waals surface area contributed by atoms with Gasteiger partial charge in [-0.05, 0) is 31.0 Å². The van der Waals surface area contributed by atoms with Crippen molar-refractivity contribution in [1.82, 2.24) is 9.80 Å². The van der Waals surface area contributed by atoms with Crippen LogP contribution in [0.5, 0.6) is 0 Å². The molecule has 3 rings (SSSR count). The molecule has 1 aliphatic heterocycles. The first kappa shape index (κ1) is 17.5. The summed E-state index contributed by atoms with van der Waals surface area (Å²) in [6, 6.07) is 4.38. The molecule has 7 nitrogen and oxygen atoms in total. The van der Waals surface area contributed by atoms with Gasteiger partial charge in [0.05, 0.1) is 17.7 Å². The highest BCUT2D eigenvalue weighted by atomic mass is 35.5. The molecule has 0 bridgehead atoms. The number of benzene rings is 1. The van der Waals surface area contributed by atoms with Gasteiger partial charge in [-0.2, -0.15) is 0 Å². The lowest BCUT2D eigenvalue weighted by atomic mass is 10.2. The number of urea groups is 1. The predicted octanol–water partition coefficient (Wildman–Crippen LogP) is 2.21. The Bertz CT molecular complexity index is 697. The Labute approximate surface area is 150 Å². The number of carbonyl (C=O) groups excluding carboxylic acids is 3. The molecule has 25 heavy (non-hydrogen) atoms. The second-order valence-corrected chi connectivity index (χ2v) is 6.61. The molecular weight excluding hydrogens is 346 g/mol. The molecule has 8 heteroatoms. The second-order valence-electron chi connectivity index (χ2n) is 6.20. The Morgan fingerprint density at radius 2 is 1.76 bits per heavy atom. The van der Waals surface area contributed by atoms with Crippen LogP contribution in [-0.2, 0) is 9.53 Å². The van der Waals surface area contributed by atoms with Gasteiger partial charge in [0.2, 0.25) is 5.91 Å². The molecule has 1 aliphatic carbocycles. The number of anilines is 1. The third kappa shape index (κ3) is 4.04. The number of halogens is 1. The predicted molar refractivity (Wildman–Crippen MR) is 92.7 cm³/mol. The molecule has 0 radical (unpaired) electrons. The number of piperazine rings is 1. The van der Waals surface area contributed by atoms with Gasteiger partial charge in [0, 0.05) is 37.8 Å². The highest BCUT2D eigenvalue weighted by molar-refractivity contribution is 6.33. The van der Waals surface area contributed by atoms with Crippen LogP contribution in [0.3, 0.4) is 0 Å². The SMILES string of the molecule is COC(=O)c1cc(NC(=O)N2CCN(C(=O)C3CC3)CC2)ccc1Cl. The van der Waals surface area contributed by atoms with Gasteiger partial charge in [-0.15, -0.1) is 0 Å². The summed E-state index contributed by atoms with van der Waals surface area (Å²) in [5.41, 5.74) is 0.660. The van der Waals surface area contributed by atoms with Crippen molar-refractivity contribution in [2.75, 3.05) is 38.6 Å². The van der Waals surface area contributed by atoms with Gasteiger partial charge in [-0.25, -0.2) is 9.59 Å². The average Bonchev–Trinajstić information content (AvgIpc) is 3.47. The van der Waals surface area contributed by atoms with E-state index >= 15 is 0 Å². The molecule has 1 N–H and O–H groups in total. The zero-order valence-electron chi connectivity index (χ0n) is 14.0. The fourth-order valence-corrected chi connectivity index (χ4v) is 2.99. The zero-order chi connectivity index (χ0) is 18.0. The minimum atomic E-state index is -0.562. The van der Waals surface area contributed by atoms with Crippen molar-refractivity contribution in [2.45, 2.75) is 12.8 Å². The third-order valence-corrected chi connectivity index (χ3v) is 4.76. The van der Waals surface area contributed by atoms with E-state index in [1.54, 1.807) is 11.0 Å². The van der Waals surface area contributed by atoms with Crippen LogP contribution < -0.4 is 5.32 Å². The van der Waals surface area contributed by atoms with Crippen LogP contribution in [0.15, 0.2) is 18.2 Å². The van der Waals surface area contributed by atoms with Gasteiger partial charge < -0.3 is 19.9 Å². The first-order chi connectivity index (χ1) is 12.0. The Morgan fingerprint density at radius 1 is 1.12 bits per heavy atom. The molecule has 1 saturated heterocycles. The molecule has 2 fully saturated rings. The maximum atomic E-state index is 12.4. The van der Waals surface area contributed by atoms with Crippen molar-refractivity contribution in [3.63, 3.8) is 0 Å². The summed E-state index contributed by atoms with van der Waals surface area (Å²) in [6.45, 7) is 2.08. The third-order valence-electron chi connectivity index (χ3n) is 4.43. The molecule has 1 saturated carbocycles. The van der Waals surface area contributed by atoms with Crippen molar-refractivity contribution in [1.29, 1.82) is 0 Å². The molecule has 0 aromatic heterocycles. The van der Waals surface area contributed by atoms with E-state index in [2.05, 4.69) is 10.1 Å². The van der Waals surface area contributed by atoms with Crippen LogP contribution in [0.4, 0.5) is 10.5 Å². The van der Waals surface area contributed by atoms with Gasteiger partial charge in [0.25, 0.3) is 0 Å². The first-order valence-corrected chi connectivity index (χ1v) is 8.60. The number of nitrogens with zero attached hydrogens (tertiary/aromatic N) is 2. The van der Waals surface area contributed by atoms with Crippen LogP contribution >= 0.6 is 11.6 Å². The van der Waals surface area contributed by atoms with E-state index < -0.39 is 5.97 Å². The van der Waals surface area contributed by atoms with Crippen molar-refractivity contribution < 1.29 is 19.1 Å². The molecule has 0 atom stereocenters. The Kier molecular flexibility index (Phi) is 5.13. The summed E-state index contributed by atoms with van der Waals surface area (Å²) >= 11 is 5.97. The molecule has 1 heterocycles. The van der Waals surface area contributed by atoms with Gasteiger partial charge in [-0.1, -0.05) is 11.6 Å². The molecule has 1 aromatic carbocycles. The molecular formula is C17H20ClN3O4. The summed E-state index contributed by atoms with van der Waals surface area (Å²) in [7, 11) is 1.27. The highest BCUT2D eigenvalue weighted by Gasteiger charge is 2.35. The summed E-state index contributed by atoms with van der Waals surface area (Å²) in [6.07, 6.45) is 1.97. The largest absolute Gasteiger partial charge is 0.465 e. The van der Waals surface area contributed by atoms with E-state index in [0.717, 1.165) is 12.8 Å². The lowest BCUT2D eigenvalue weighted by Gasteiger charge is -2.34. The van der Waals surface area contributed by atoms with Crippen molar-refractivity contribution in [3.8, 4) is 0 Å². The standard InChI is InChI=1S/C17H20ClN3O4/c1-25-16(23)13-10-12(4-5-14(13)18)19-17(24)21-8-6-20(7-9-21)15(22)11-2-3-11/h4-5,10-11H,2-3,6-9H2,1H3,(H,19,24). The van der Waals surface area contributed by atoms with E-state index in [-0.39, 0.29) is 28.4 Å². The average molecular weight is 366 g/mol. The normalized spacial score (nSPS) is 17.2. The smallest absolute Gasteiger partial charge is 0.339 e. The Morgan fingerprint density at radius 3 is 2.36 bits per heavy atom. The lowest BCUT2D eigenvalue weighted by molar-refractivity contribution is -0.133. The van der Waals surface area contributed by atoms with E-state index in [9.17, 15) is 14.4 Å². The van der Waals surface area contributed by atoms with Crippen LogP contribution in [0, 0.1) is 5.92 Å². The summed E-state index contributed by atoms with van der Waals surface area (Å²) < 4.78 is 4.67. The first-order valence-electron chi connectivity index (χ1n) is 8.22. The summed E-state index contributed by atoms with van der Waals surface area (Å²) in [5.74, 6) is -0.153. The summed E-state index contributed by atoms with van der Waals surface area (Å²) in [4.78, 5) is 39.6. The quantitative estimate of drug-likeness (QED) is 0.833. The van der Waals surface area contributed by atoms with Gasteiger partial charge in [0.1, 0.15) is 0 Å². The number of amides is 3. The molecule has 0 spiro atoms. The Hall–Kier alpha value is -2.28. The number of rotatable bonds is 3. The number of ether oxygens (including phenoxy) is 1. The fraction of sp³-hybridized carbons (Fsp3) is 0.471. The van der Waals surface area contributed by atoms with Crippen molar-refractivity contribution in [2.24, 2.45) is 5.92 Å². The number of carbonyl (C=O) groups is 3. The fourth-order valence-electron chi connectivity index (χ4n) is 2.79. The topological polar surface area (TPSA) is 79.0 Å². The van der Waals surface area contributed by atoms with Gasteiger partial charge >= 0.3 is 12.0 Å². The lowest BCUT2D eigenvalue weighted by Crippen LogP contribution is -2.52.